The largest absolute Gasteiger partial charge is 0.462 e. The number of carbonyl (C=O) groups is 1. The number of nitrogens with one attached hydrogen (secondary N) is 1. The van der Waals surface area contributed by atoms with Gasteiger partial charge in [0.1, 0.15) is 5.60 Å². The molecule has 2 aromatic rings. The van der Waals surface area contributed by atoms with Crippen LogP contribution in [0.1, 0.15) is 26.5 Å². The summed E-state index contributed by atoms with van der Waals surface area (Å²) in [5, 5.41) is 18.0. The van der Waals surface area contributed by atoms with Crippen molar-refractivity contribution in [1.29, 1.82) is 0 Å². The molecule has 1 aromatic heterocycles. The number of aromatic amines is 1. The van der Waals surface area contributed by atoms with Crippen LogP contribution in [0, 0.1) is 17.0 Å². The second-order valence-corrected chi connectivity index (χ2v) is 5.13. The van der Waals surface area contributed by atoms with Crippen LogP contribution in [-0.4, -0.2) is 27.2 Å². The van der Waals surface area contributed by atoms with Crippen LogP contribution >= 0.6 is 0 Å². The van der Waals surface area contributed by atoms with Gasteiger partial charge in [0.2, 0.25) is 0 Å². The van der Waals surface area contributed by atoms with Gasteiger partial charge in [0.25, 0.3) is 12.2 Å². The van der Waals surface area contributed by atoms with Crippen LogP contribution in [0.3, 0.4) is 0 Å². The van der Waals surface area contributed by atoms with Gasteiger partial charge in [0, 0.05) is 23.2 Å². The minimum atomic E-state index is -0.411. The van der Waals surface area contributed by atoms with E-state index in [0.717, 1.165) is 16.6 Å². The predicted octanol–water partition coefficient (Wildman–Crippen LogP) is 2.74. The van der Waals surface area contributed by atoms with Crippen LogP contribution in [-0.2, 0) is 9.53 Å². The summed E-state index contributed by atoms with van der Waals surface area (Å²) in [6.07, 6.45) is 0. The van der Waals surface area contributed by atoms with Crippen LogP contribution < -0.4 is 0 Å². The number of rotatable bonds is 2. The Morgan fingerprint density at radius 1 is 1.40 bits per heavy atom. The number of aromatic nitrogens is 2. The van der Waals surface area contributed by atoms with Gasteiger partial charge in [0.15, 0.2) is 0 Å². The van der Waals surface area contributed by atoms with Crippen molar-refractivity contribution in [3.63, 3.8) is 0 Å². The Hall–Kier alpha value is -2.44. The SMILES string of the molecule is CC(C)(C)OC=O.Cc1[nH]nc2ccc([N+](=O)[O-])cc12. The first-order valence-corrected chi connectivity index (χ1v) is 5.95. The van der Waals surface area contributed by atoms with Crippen molar-refractivity contribution in [1.82, 2.24) is 10.2 Å². The third-order valence-electron chi connectivity index (χ3n) is 2.34. The van der Waals surface area contributed by atoms with E-state index in [0.29, 0.717) is 6.47 Å². The number of carbonyl (C=O) groups excluding carboxylic acids is 1. The van der Waals surface area contributed by atoms with Gasteiger partial charge < -0.3 is 4.74 Å². The first-order chi connectivity index (χ1) is 9.24. The molecule has 0 aliphatic carbocycles. The van der Waals surface area contributed by atoms with E-state index in [2.05, 4.69) is 14.9 Å². The van der Waals surface area contributed by atoms with Crippen LogP contribution in [0.5, 0.6) is 0 Å². The van der Waals surface area contributed by atoms with Gasteiger partial charge in [-0.2, -0.15) is 5.10 Å². The lowest BCUT2D eigenvalue weighted by Crippen LogP contribution is -2.17. The Bertz CT molecular complexity index is 614. The molecule has 0 spiro atoms. The number of hydrogen-bond donors (Lipinski definition) is 1. The maximum Gasteiger partial charge on any atom is 0.293 e. The lowest BCUT2D eigenvalue weighted by atomic mass is 10.2. The van der Waals surface area contributed by atoms with Gasteiger partial charge in [-0.25, -0.2) is 0 Å². The highest BCUT2D eigenvalue weighted by atomic mass is 16.6. The highest BCUT2D eigenvalue weighted by molar-refractivity contribution is 5.83. The fraction of sp³-hybridized carbons (Fsp3) is 0.385. The first-order valence-electron chi connectivity index (χ1n) is 5.95. The predicted molar refractivity (Wildman–Crippen MR) is 74.4 cm³/mol. The van der Waals surface area contributed by atoms with E-state index in [-0.39, 0.29) is 11.3 Å². The molecule has 0 atom stereocenters. The number of nitrogens with zero attached hydrogens (tertiary/aromatic N) is 2. The highest BCUT2D eigenvalue weighted by Crippen LogP contribution is 2.21. The minimum absolute atomic E-state index is 0.0944. The molecular weight excluding hydrogens is 262 g/mol. The molecule has 1 heterocycles. The zero-order chi connectivity index (χ0) is 15.3. The third-order valence-corrected chi connectivity index (χ3v) is 2.34. The minimum Gasteiger partial charge on any atom is -0.462 e. The van der Waals surface area contributed by atoms with Crippen LogP contribution in [0.15, 0.2) is 18.2 Å². The molecule has 0 unspecified atom stereocenters. The Kier molecular flexibility index (Phi) is 4.79. The average molecular weight is 279 g/mol. The topological polar surface area (TPSA) is 98.1 Å². The van der Waals surface area contributed by atoms with Crippen molar-refractivity contribution >= 4 is 23.1 Å². The zero-order valence-electron chi connectivity index (χ0n) is 11.8. The molecule has 7 nitrogen and oxygen atoms in total. The van der Waals surface area contributed by atoms with E-state index in [1.165, 1.54) is 12.1 Å². The van der Waals surface area contributed by atoms with Gasteiger partial charge in [0.05, 0.1) is 10.4 Å². The smallest absolute Gasteiger partial charge is 0.293 e. The number of nitro groups is 1. The number of hydrogen-bond acceptors (Lipinski definition) is 5. The van der Waals surface area contributed by atoms with Crippen molar-refractivity contribution < 1.29 is 14.5 Å². The van der Waals surface area contributed by atoms with E-state index in [4.69, 9.17) is 0 Å². The Morgan fingerprint density at radius 2 is 2.05 bits per heavy atom. The van der Waals surface area contributed by atoms with E-state index in [9.17, 15) is 14.9 Å². The number of nitro benzene ring substituents is 1. The second-order valence-electron chi connectivity index (χ2n) is 5.13. The lowest BCUT2D eigenvalue weighted by Gasteiger charge is -2.14. The summed E-state index contributed by atoms with van der Waals surface area (Å²) in [6.45, 7) is 7.75. The molecule has 7 heteroatoms. The van der Waals surface area contributed by atoms with Crippen LogP contribution in [0.25, 0.3) is 10.9 Å². The molecule has 2 rings (SSSR count). The molecule has 0 radical (unpaired) electrons. The maximum absolute atomic E-state index is 10.5. The monoisotopic (exact) mass is 279 g/mol. The lowest BCUT2D eigenvalue weighted by molar-refractivity contribution is -0.384. The molecule has 0 fully saturated rings. The van der Waals surface area contributed by atoms with Crippen molar-refractivity contribution in [2.45, 2.75) is 33.3 Å². The number of ether oxygens (including phenoxy) is 1. The standard InChI is InChI=1S/C8H7N3O2.C5H10O2/c1-5-7-4-6(11(12)13)2-3-8(7)10-9-5;1-5(2,3)7-4-6/h2-4H,1H3,(H,9,10);4H,1-3H3. The van der Waals surface area contributed by atoms with Crippen molar-refractivity contribution in [3.8, 4) is 0 Å². The van der Waals surface area contributed by atoms with Crippen molar-refractivity contribution in [2.75, 3.05) is 0 Å². The van der Waals surface area contributed by atoms with Gasteiger partial charge in [-0.05, 0) is 33.8 Å². The average Bonchev–Trinajstić information content (AvgIpc) is 2.70. The van der Waals surface area contributed by atoms with Crippen LogP contribution in [0.2, 0.25) is 0 Å². The number of benzene rings is 1. The molecule has 0 amide bonds. The summed E-state index contributed by atoms with van der Waals surface area (Å²) < 4.78 is 4.55. The molecule has 0 aliphatic rings. The fourth-order valence-electron chi connectivity index (χ4n) is 1.38. The summed E-state index contributed by atoms with van der Waals surface area (Å²) >= 11 is 0. The highest BCUT2D eigenvalue weighted by Gasteiger charge is 2.09. The van der Waals surface area contributed by atoms with Crippen molar-refractivity contribution in [3.05, 3.63) is 34.0 Å². The molecule has 0 saturated carbocycles. The quantitative estimate of drug-likeness (QED) is 0.517. The number of H-pyrrole nitrogens is 1. The molecule has 20 heavy (non-hydrogen) atoms. The summed E-state index contributed by atoms with van der Waals surface area (Å²) in [7, 11) is 0. The number of aryl methyl sites for hydroxylation is 1. The molecule has 0 saturated heterocycles. The normalized spacial score (nSPS) is 10.6. The van der Waals surface area contributed by atoms with Gasteiger partial charge in [-0.15, -0.1) is 0 Å². The molecule has 108 valence electrons. The Balaban J connectivity index is 0.000000246. The molecule has 0 aliphatic heterocycles. The molecule has 1 N–H and O–H groups in total. The summed E-state index contributed by atoms with van der Waals surface area (Å²) in [5.41, 5.74) is 1.38. The van der Waals surface area contributed by atoms with Crippen LogP contribution in [0.4, 0.5) is 5.69 Å². The van der Waals surface area contributed by atoms with Gasteiger partial charge in [-0.1, -0.05) is 0 Å². The zero-order valence-corrected chi connectivity index (χ0v) is 11.8. The van der Waals surface area contributed by atoms with E-state index in [1.807, 2.05) is 27.7 Å². The third kappa shape index (κ3) is 4.34. The van der Waals surface area contributed by atoms with Crippen molar-refractivity contribution in [2.24, 2.45) is 0 Å². The van der Waals surface area contributed by atoms with E-state index in [1.54, 1.807) is 6.07 Å². The van der Waals surface area contributed by atoms with Gasteiger partial charge in [-0.3, -0.25) is 20.0 Å². The molecular formula is C13H17N3O4. The summed E-state index contributed by atoms with van der Waals surface area (Å²) in [5.74, 6) is 0. The summed E-state index contributed by atoms with van der Waals surface area (Å²) in [4.78, 5) is 19.6. The first kappa shape index (κ1) is 15.6. The van der Waals surface area contributed by atoms with Gasteiger partial charge >= 0.3 is 0 Å². The maximum atomic E-state index is 10.5. The Labute approximate surface area is 116 Å². The Morgan fingerprint density at radius 3 is 2.50 bits per heavy atom. The molecule has 0 bridgehead atoms. The molecule has 1 aromatic carbocycles. The van der Waals surface area contributed by atoms with E-state index >= 15 is 0 Å². The fourth-order valence-corrected chi connectivity index (χ4v) is 1.38. The second kappa shape index (κ2) is 6.14. The summed E-state index contributed by atoms with van der Waals surface area (Å²) in [6, 6.07) is 4.60. The van der Waals surface area contributed by atoms with E-state index < -0.39 is 4.92 Å². The number of non-ortho nitro benzene ring substituents is 1. The number of fused-ring (bicyclic) bond motifs is 1.